The smallest absolute Gasteiger partial charge is 0.346 e. The summed E-state index contributed by atoms with van der Waals surface area (Å²) < 4.78 is 0. The standard InChI is InChI=1S/C9H19.C2H5.Zn/c1-3-5-7-9-8-6-4-2;1-2;/h1,3-9H2,2H3;1H2,2H3;/q2*-1;+2. The maximum Gasteiger partial charge on any atom is 2.00 e. The van der Waals surface area contributed by atoms with Crippen LogP contribution in [0.4, 0.5) is 0 Å². The SMILES string of the molecule is [CH2-]C.[CH2-]CCCCCCCC.[Zn+2]. The van der Waals surface area contributed by atoms with Gasteiger partial charge in [0.25, 0.3) is 0 Å². The molecule has 70 valence electrons. The average molecular weight is 222 g/mol. The first-order valence-electron chi connectivity index (χ1n) is 4.91. The topological polar surface area (TPSA) is 0 Å². The molecule has 0 unspecified atom stereocenters. The Morgan fingerprint density at radius 2 is 1.25 bits per heavy atom. The largest absolute Gasteiger partial charge is 2.00 e. The van der Waals surface area contributed by atoms with Gasteiger partial charge in [0.1, 0.15) is 0 Å². The molecule has 0 aliphatic heterocycles. The Morgan fingerprint density at radius 3 is 1.67 bits per heavy atom. The van der Waals surface area contributed by atoms with Gasteiger partial charge in [-0.05, 0) is 0 Å². The summed E-state index contributed by atoms with van der Waals surface area (Å²) in [6.45, 7) is 11.1. The van der Waals surface area contributed by atoms with Crippen LogP contribution >= 0.6 is 0 Å². The Morgan fingerprint density at radius 1 is 0.833 bits per heavy atom. The van der Waals surface area contributed by atoms with Gasteiger partial charge in [0, 0.05) is 0 Å². The zero-order valence-electron chi connectivity index (χ0n) is 9.07. The molecule has 0 atom stereocenters. The average Bonchev–Trinajstić information content (AvgIpc) is 2.08. The third-order valence-electron chi connectivity index (χ3n) is 1.60. The monoisotopic (exact) mass is 220 g/mol. The van der Waals surface area contributed by atoms with E-state index in [0.29, 0.717) is 0 Å². The van der Waals surface area contributed by atoms with E-state index < -0.39 is 0 Å². The van der Waals surface area contributed by atoms with Gasteiger partial charge >= 0.3 is 19.5 Å². The third kappa shape index (κ3) is 22.4. The quantitative estimate of drug-likeness (QED) is 0.354. The minimum atomic E-state index is 0. The second-order valence-electron chi connectivity index (χ2n) is 2.62. The number of rotatable bonds is 6. The maximum atomic E-state index is 3.80. The van der Waals surface area contributed by atoms with Gasteiger partial charge in [0.2, 0.25) is 0 Å². The van der Waals surface area contributed by atoms with Crippen molar-refractivity contribution < 1.29 is 19.5 Å². The molecule has 0 heterocycles. The molecular weight excluding hydrogens is 198 g/mol. The summed E-state index contributed by atoms with van der Waals surface area (Å²) >= 11 is 0. The number of unbranched alkanes of at least 4 members (excludes halogenated alkanes) is 6. The molecule has 0 saturated heterocycles. The summed E-state index contributed by atoms with van der Waals surface area (Å²) in [4.78, 5) is 0. The van der Waals surface area contributed by atoms with E-state index in [1.165, 1.54) is 38.5 Å². The molecule has 0 fully saturated rings. The van der Waals surface area contributed by atoms with Gasteiger partial charge in [-0.15, -0.1) is 0 Å². The molecule has 0 aromatic carbocycles. The van der Waals surface area contributed by atoms with Crippen molar-refractivity contribution in [2.45, 2.75) is 58.8 Å². The predicted molar refractivity (Wildman–Crippen MR) is 54.4 cm³/mol. The van der Waals surface area contributed by atoms with Crippen LogP contribution in [0, 0.1) is 13.8 Å². The van der Waals surface area contributed by atoms with Gasteiger partial charge in [0.15, 0.2) is 0 Å². The van der Waals surface area contributed by atoms with Crippen LogP contribution in [0.3, 0.4) is 0 Å². The van der Waals surface area contributed by atoms with Gasteiger partial charge in [0.05, 0.1) is 0 Å². The summed E-state index contributed by atoms with van der Waals surface area (Å²) in [6.07, 6.45) is 9.45. The molecule has 0 N–H and O–H groups in total. The van der Waals surface area contributed by atoms with Crippen molar-refractivity contribution in [3.63, 3.8) is 0 Å². The fourth-order valence-corrected chi connectivity index (χ4v) is 0.957. The van der Waals surface area contributed by atoms with Crippen molar-refractivity contribution in [2.24, 2.45) is 0 Å². The summed E-state index contributed by atoms with van der Waals surface area (Å²) in [7, 11) is 0. The van der Waals surface area contributed by atoms with Gasteiger partial charge < -0.3 is 13.8 Å². The van der Waals surface area contributed by atoms with Crippen LogP contribution in [0.15, 0.2) is 0 Å². The molecule has 0 nitrogen and oxygen atoms in total. The minimum Gasteiger partial charge on any atom is -0.346 e. The molecule has 0 aromatic rings. The van der Waals surface area contributed by atoms with Crippen LogP contribution in [-0.2, 0) is 19.5 Å². The number of hydrogen-bond donors (Lipinski definition) is 0. The molecule has 0 amide bonds. The van der Waals surface area contributed by atoms with Crippen molar-refractivity contribution in [3.05, 3.63) is 13.8 Å². The minimum absolute atomic E-state index is 0. The van der Waals surface area contributed by atoms with Crippen molar-refractivity contribution >= 4 is 0 Å². The Hall–Kier alpha value is 0.623. The van der Waals surface area contributed by atoms with Crippen molar-refractivity contribution in [1.29, 1.82) is 0 Å². The van der Waals surface area contributed by atoms with Crippen molar-refractivity contribution in [3.8, 4) is 0 Å². The molecule has 1 heteroatoms. The van der Waals surface area contributed by atoms with Gasteiger partial charge in [-0.3, -0.25) is 0 Å². The van der Waals surface area contributed by atoms with E-state index in [1.807, 2.05) is 0 Å². The fourth-order valence-electron chi connectivity index (χ4n) is 0.957. The first-order chi connectivity index (χ1) is 5.41. The summed E-state index contributed by atoms with van der Waals surface area (Å²) in [5.41, 5.74) is 0. The van der Waals surface area contributed by atoms with E-state index in [9.17, 15) is 0 Å². The molecule has 0 aromatic heterocycles. The molecule has 0 aliphatic carbocycles. The molecular formula is C11H24Zn. The van der Waals surface area contributed by atoms with Crippen LogP contribution in [-0.4, -0.2) is 0 Å². The second kappa shape index (κ2) is 22.6. The molecule has 0 rings (SSSR count). The van der Waals surface area contributed by atoms with E-state index >= 15 is 0 Å². The van der Waals surface area contributed by atoms with Gasteiger partial charge in [-0.25, -0.2) is 0 Å². The first kappa shape index (κ1) is 18.4. The van der Waals surface area contributed by atoms with Crippen molar-refractivity contribution in [2.75, 3.05) is 0 Å². The van der Waals surface area contributed by atoms with Crippen LogP contribution in [0.1, 0.15) is 58.8 Å². The first-order valence-corrected chi connectivity index (χ1v) is 4.91. The van der Waals surface area contributed by atoms with Gasteiger partial charge in [-0.2, -0.15) is 13.3 Å². The third-order valence-corrected chi connectivity index (χ3v) is 1.60. The summed E-state index contributed by atoms with van der Waals surface area (Å²) in [6, 6.07) is 0. The van der Waals surface area contributed by atoms with Crippen LogP contribution in [0.2, 0.25) is 0 Å². The Labute approximate surface area is 92.3 Å². The Balaban J connectivity index is -0.000000249. The van der Waals surface area contributed by atoms with Crippen LogP contribution in [0.5, 0.6) is 0 Å². The van der Waals surface area contributed by atoms with Crippen LogP contribution in [0.25, 0.3) is 0 Å². The molecule has 0 spiro atoms. The second-order valence-corrected chi connectivity index (χ2v) is 2.62. The normalized spacial score (nSPS) is 8.00. The zero-order valence-corrected chi connectivity index (χ0v) is 12.0. The maximum absolute atomic E-state index is 3.80. The molecule has 0 bridgehead atoms. The van der Waals surface area contributed by atoms with E-state index in [1.54, 1.807) is 6.92 Å². The summed E-state index contributed by atoms with van der Waals surface area (Å²) in [5.74, 6) is 0. The van der Waals surface area contributed by atoms with E-state index in [2.05, 4.69) is 20.8 Å². The molecule has 0 radical (unpaired) electrons. The van der Waals surface area contributed by atoms with E-state index in [4.69, 9.17) is 0 Å². The van der Waals surface area contributed by atoms with E-state index in [0.717, 1.165) is 6.42 Å². The number of hydrogen-bond acceptors (Lipinski definition) is 0. The van der Waals surface area contributed by atoms with Crippen LogP contribution < -0.4 is 0 Å². The zero-order chi connectivity index (χ0) is 8.95. The molecule has 0 aliphatic rings. The van der Waals surface area contributed by atoms with E-state index in [-0.39, 0.29) is 19.5 Å². The molecule has 12 heavy (non-hydrogen) atoms. The van der Waals surface area contributed by atoms with Gasteiger partial charge in [-0.1, -0.05) is 45.4 Å². The summed E-state index contributed by atoms with van der Waals surface area (Å²) in [5, 5.41) is 0. The Bertz CT molecular complexity index is 38.3. The predicted octanol–water partition coefficient (Wildman–Crippen LogP) is 4.41. The van der Waals surface area contributed by atoms with Crippen molar-refractivity contribution in [1.82, 2.24) is 0 Å². The molecule has 0 saturated carbocycles. The Kier molecular flexibility index (Phi) is 34.6. The fraction of sp³-hybridized carbons (Fsp3) is 0.818.